The Kier molecular flexibility index (Phi) is 4.49. The first kappa shape index (κ1) is 19.2. The lowest BCUT2D eigenvalue weighted by molar-refractivity contribution is 0.0107. The molecule has 3 aromatic rings. The van der Waals surface area contributed by atoms with Crippen LogP contribution in [0.3, 0.4) is 0 Å². The van der Waals surface area contributed by atoms with Crippen LogP contribution in [0.25, 0.3) is 5.65 Å². The van der Waals surface area contributed by atoms with E-state index in [1.807, 2.05) is 0 Å². The van der Waals surface area contributed by atoms with Gasteiger partial charge in [-0.15, -0.1) is 0 Å². The van der Waals surface area contributed by atoms with Crippen LogP contribution in [0.2, 0.25) is 5.02 Å². The van der Waals surface area contributed by atoms with Crippen molar-refractivity contribution in [2.75, 3.05) is 10.6 Å². The van der Waals surface area contributed by atoms with E-state index in [1.54, 1.807) is 24.4 Å². The highest BCUT2D eigenvalue weighted by atomic mass is 35.5. The summed E-state index contributed by atoms with van der Waals surface area (Å²) < 4.78 is 1.48. The number of nitrogens with zero attached hydrogens (tertiary/aromatic N) is 2. The summed E-state index contributed by atoms with van der Waals surface area (Å²) in [6.07, 6.45) is 9.84. The lowest BCUT2D eigenvalue weighted by Gasteiger charge is -2.57. The number of fused-ring (bicyclic) bond motifs is 1. The molecule has 4 aliphatic carbocycles. The molecular weight excluding hydrogens is 408 g/mol. The molecule has 6 heteroatoms. The van der Waals surface area contributed by atoms with Crippen LogP contribution in [0.5, 0.6) is 0 Å². The molecule has 4 aliphatic rings. The summed E-state index contributed by atoms with van der Waals surface area (Å²) in [4.78, 5) is 17.1. The Labute approximate surface area is 186 Å². The van der Waals surface area contributed by atoms with Gasteiger partial charge >= 0.3 is 0 Å². The normalized spacial score (nSPS) is 28.7. The van der Waals surface area contributed by atoms with Gasteiger partial charge in [-0.1, -0.05) is 23.7 Å². The van der Waals surface area contributed by atoms with Crippen LogP contribution in [-0.4, -0.2) is 14.9 Å². The second-order valence-electron chi connectivity index (χ2n) is 9.88. The summed E-state index contributed by atoms with van der Waals surface area (Å²) in [7, 11) is 0. The first-order chi connectivity index (χ1) is 15.1. The third-order valence-corrected chi connectivity index (χ3v) is 7.73. The first-order valence-electron chi connectivity index (χ1n) is 11.3. The minimum atomic E-state index is -0.121. The topological polar surface area (TPSA) is 58.4 Å². The van der Waals surface area contributed by atoms with Crippen molar-refractivity contribution in [2.24, 2.45) is 17.8 Å². The molecule has 0 radical (unpaired) electrons. The molecule has 2 heterocycles. The monoisotopic (exact) mass is 434 g/mol. The number of hydrogen-bond acceptors (Lipinski definition) is 4. The van der Waals surface area contributed by atoms with Gasteiger partial charge in [-0.2, -0.15) is 0 Å². The number of hydrogen-bond donors (Lipinski definition) is 2. The number of halogens is 1. The molecular formula is C25H27ClN4O. The van der Waals surface area contributed by atoms with Crippen molar-refractivity contribution in [3.63, 3.8) is 0 Å². The zero-order chi connectivity index (χ0) is 21.0. The predicted molar refractivity (Wildman–Crippen MR) is 125 cm³/mol. The fourth-order valence-corrected chi connectivity index (χ4v) is 6.86. The SMILES string of the molecule is O=c1cc(CNc2ccccc2NC23CC4CC(CC(C4)C2)C3)nc2ccc(Cl)cn12. The summed E-state index contributed by atoms with van der Waals surface area (Å²) in [6.45, 7) is 0.494. The van der Waals surface area contributed by atoms with Crippen molar-refractivity contribution in [3.05, 3.63) is 69.7 Å². The number of nitrogens with one attached hydrogen (secondary N) is 2. The van der Waals surface area contributed by atoms with Gasteiger partial charge in [-0.25, -0.2) is 4.98 Å². The third kappa shape index (κ3) is 3.59. The molecule has 0 amide bonds. The van der Waals surface area contributed by atoms with E-state index in [9.17, 15) is 4.79 Å². The fraction of sp³-hybridized carbons (Fsp3) is 0.440. The smallest absolute Gasteiger partial charge is 0.258 e. The van der Waals surface area contributed by atoms with Gasteiger partial charge in [0, 0.05) is 17.8 Å². The van der Waals surface area contributed by atoms with Crippen LogP contribution in [0.15, 0.2) is 53.5 Å². The molecule has 160 valence electrons. The van der Waals surface area contributed by atoms with Crippen LogP contribution in [0, 0.1) is 17.8 Å². The molecule has 5 nitrogen and oxygen atoms in total. The quantitative estimate of drug-likeness (QED) is 0.569. The molecule has 1 aromatic carbocycles. The molecule has 4 saturated carbocycles. The Morgan fingerprint density at radius 1 is 1.00 bits per heavy atom. The molecule has 2 N–H and O–H groups in total. The van der Waals surface area contributed by atoms with E-state index in [-0.39, 0.29) is 11.1 Å². The number of anilines is 2. The van der Waals surface area contributed by atoms with Crippen molar-refractivity contribution in [1.82, 2.24) is 9.38 Å². The van der Waals surface area contributed by atoms with E-state index < -0.39 is 0 Å². The van der Waals surface area contributed by atoms with E-state index in [0.29, 0.717) is 17.2 Å². The number of para-hydroxylation sites is 2. The van der Waals surface area contributed by atoms with Gasteiger partial charge in [0.1, 0.15) is 5.65 Å². The summed E-state index contributed by atoms with van der Waals surface area (Å²) in [5, 5.41) is 8.01. The van der Waals surface area contributed by atoms with Crippen molar-refractivity contribution < 1.29 is 0 Å². The molecule has 4 fully saturated rings. The molecule has 0 aliphatic heterocycles. The van der Waals surface area contributed by atoms with Crippen LogP contribution >= 0.6 is 11.6 Å². The summed E-state index contributed by atoms with van der Waals surface area (Å²) in [5.41, 5.74) is 3.69. The average Bonchev–Trinajstić information content (AvgIpc) is 2.72. The number of aromatic nitrogens is 2. The second-order valence-corrected chi connectivity index (χ2v) is 10.3. The maximum atomic E-state index is 12.5. The molecule has 0 spiro atoms. The standard InChI is InChI=1S/C25H27ClN4O/c26-19-5-6-23-28-20(10-24(31)30(23)15-19)14-27-21-3-1-2-4-22(21)29-25-11-16-7-17(12-25)9-18(8-16)13-25/h1-6,10,15-18,27,29H,7-9,11-14H2. The Morgan fingerprint density at radius 2 is 1.68 bits per heavy atom. The minimum absolute atomic E-state index is 0.121. The molecule has 7 rings (SSSR count). The zero-order valence-electron chi connectivity index (χ0n) is 17.5. The Balaban J connectivity index is 1.23. The highest BCUT2D eigenvalue weighted by molar-refractivity contribution is 6.30. The molecule has 0 unspecified atom stereocenters. The van der Waals surface area contributed by atoms with Gasteiger partial charge in [-0.3, -0.25) is 9.20 Å². The summed E-state index contributed by atoms with van der Waals surface area (Å²) in [6, 6.07) is 13.5. The lowest BCUT2D eigenvalue weighted by atomic mass is 9.53. The van der Waals surface area contributed by atoms with Crippen LogP contribution in [0.1, 0.15) is 44.2 Å². The number of pyridine rings is 1. The Morgan fingerprint density at radius 3 is 2.39 bits per heavy atom. The molecule has 0 atom stereocenters. The van der Waals surface area contributed by atoms with E-state index in [2.05, 4.69) is 39.9 Å². The molecule has 0 saturated heterocycles. The summed E-state index contributed by atoms with van der Waals surface area (Å²) in [5.74, 6) is 2.71. The largest absolute Gasteiger partial charge is 0.378 e. The predicted octanol–water partition coefficient (Wildman–Crippen LogP) is 5.34. The van der Waals surface area contributed by atoms with Crippen LogP contribution < -0.4 is 16.2 Å². The Bertz CT molecular complexity index is 1170. The number of benzene rings is 1. The van der Waals surface area contributed by atoms with Crippen molar-refractivity contribution >= 4 is 28.6 Å². The highest BCUT2D eigenvalue weighted by Crippen LogP contribution is 2.56. The third-order valence-electron chi connectivity index (χ3n) is 7.50. The second kappa shape index (κ2) is 7.27. The maximum absolute atomic E-state index is 12.5. The summed E-state index contributed by atoms with van der Waals surface area (Å²) >= 11 is 6.01. The van der Waals surface area contributed by atoms with Gasteiger partial charge in [0.2, 0.25) is 0 Å². The first-order valence-corrected chi connectivity index (χ1v) is 11.7. The highest BCUT2D eigenvalue weighted by Gasteiger charge is 2.51. The molecule has 4 bridgehead atoms. The van der Waals surface area contributed by atoms with Crippen LogP contribution in [0.4, 0.5) is 11.4 Å². The van der Waals surface area contributed by atoms with Crippen molar-refractivity contribution in [2.45, 2.75) is 50.6 Å². The average molecular weight is 435 g/mol. The minimum Gasteiger partial charge on any atom is -0.378 e. The van der Waals surface area contributed by atoms with Gasteiger partial charge in [0.15, 0.2) is 0 Å². The van der Waals surface area contributed by atoms with E-state index in [0.717, 1.165) is 34.8 Å². The maximum Gasteiger partial charge on any atom is 0.258 e. The fourth-order valence-electron chi connectivity index (χ4n) is 6.70. The van der Waals surface area contributed by atoms with Crippen molar-refractivity contribution in [3.8, 4) is 0 Å². The van der Waals surface area contributed by atoms with Gasteiger partial charge < -0.3 is 10.6 Å². The van der Waals surface area contributed by atoms with Crippen LogP contribution in [-0.2, 0) is 6.54 Å². The zero-order valence-corrected chi connectivity index (χ0v) is 18.2. The van der Waals surface area contributed by atoms with E-state index >= 15 is 0 Å². The van der Waals surface area contributed by atoms with E-state index in [4.69, 9.17) is 11.6 Å². The number of rotatable bonds is 5. The Hall–Kier alpha value is -2.53. The lowest BCUT2D eigenvalue weighted by Crippen LogP contribution is -2.54. The van der Waals surface area contributed by atoms with Gasteiger partial charge in [0.25, 0.3) is 5.56 Å². The van der Waals surface area contributed by atoms with Gasteiger partial charge in [-0.05, 0) is 80.5 Å². The van der Waals surface area contributed by atoms with E-state index in [1.165, 1.54) is 42.9 Å². The molecule has 31 heavy (non-hydrogen) atoms. The molecule has 2 aromatic heterocycles. The van der Waals surface area contributed by atoms with Gasteiger partial charge in [0.05, 0.1) is 28.6 Å². The van der Waals surface area contributed by atoms with Crippen molar-refractivity contribution in [1.29, 1.82) is 0 Å².